The Morgan fingerprint density at radius 1 is 0.455 bits per heavy atom. The fourth-order valence-electron chi connectivity index (χ4n) is 13.7. The molecule has 0 bridgehead atoms. The molecule has 0 aliphatic heterocycles. The molecule has 6 rings (SSSR count). The monoisotopic (exact) mass is 923 g/mol. The zero-order valence-corrected chi connectivity index (χ0v) is 41.5. The van der Waals surface area contributed by atoms with Crippen LogP contribution in [0.5, 0.6) is 0 Å². The molecule has 0 unspecified atom stereocenters. The smallest absolute Gasteiger partial charge is 0.330 e. The minimum atomic E-state index is -0.828. The Bertz CT molecular complexity index is 1380. The molecule has 6 aliphatic rings. The Morgan fingerprint density at radius 3 is 1.11 bits per heavy atom. The average molecular weight is 923 g/mol. The van der Waals surface area contributed by atoms with Gasteiger partial charge in [0.05, 0.1) is 50.5 Å². The first kappa shape index (κ1) is 52.6. The highest BCUT2D eigenvalue weighted by Crippen LogP contribution is 2.56. The molecule has 0 radical (unpaired) electrons. The van der Waals surface area contributed by atoms with E-state index in [1.54, 1.807) is 0 Å². The lowest BCUT2D eigenvalue weighted by atomic mass is 9.58. The van der Waals surface area contributed by atoms with Crippen LogP contribution in [0.25, 0.3) is 0 Å². The van der Waals surface area contributed by atoms with Crippen molar-refractivity contribution in [3.05, 3.63) is 25.3 Å². The van der Waals surface area contributed by atoms with Crippen LogP contribution in [-0.2, 0) is 47.6 Å². The largest absolute Gasteiger partial charge is 0.462 e. The molecule has 0 N–H and O–H groups in total. The van der Waals surface area contributed by atoms with Gasteiger partial charge in [0.25, 0.3) is 0 Å². The van der Waals surface area contributed by atoms with E-state index in [1.807, 2.05) is 0 Å². The van der Waals surface area contributed by atoms with E-state index in [2.05, 4.69) is 27.0 Å². The molecule has 0 amide bonds. The zero-order valence-electron chi connectivity index (χ0n) is 41.5. The van der Waals surface area contributed by atoms with Crippen LogP contribution >= 0.6 is 0 Å². The molecule has 6 fully saturated rings. The fourth-order valence-corrected chi connectivity index (χ4v) is 13.7. The average Bonchev–Trinajstić information content (AvgIpc) is 3.35. The second-order valence-corrected chi connectivity index (χ2v) is 21.8. The van der Waals surface area contributed by atoms with E-state index in [-0.39, 0.29) is 36.0 Å². The summed E-state index contributed by atoms with van der Waals surface area (Å²) in [6, 6.07) is 0. The van der Waals surface area contributed by atoms with Gasteiger partial charge >= 0.3 is 23.9 Å². The Morgan fingerprint density at radius 2 is 0.788 bits per heavy atom. The summed E-state index contributed by atoms with van der Waals surface area (Å²) in [6.45, 7) is 13.1. The van der Waals surface area contributed by atoms with Gasteiger partial charge in [0.15, 0.2) is 11.2 Å². The van der Waals surface area contributed by atoms with Crippen LogP contribution in [0.15, 0.2) is 25.3 Å². The van der Waals surface area contributed by atoms with Gasteiger partial charge in [-0.25, -0.2) is 9.59 Å². The van der Waals surface area contributed by atoms with Gasteiger partial charge in [-0.3, -0.25) is 9.59 Å². The SMILES string of the molecule is C=CC(=O)OCCCOC1CCC(C(=O)OC2(C3(OC(=O)C4CCC(OCCCOC(=O)C=C)CC4)CCC(C4CCC(CCC)CC4)CC3)CCC(C3CCC(CCC)CC3)CC2)CC1. The quantitative estimate of drug-likeness (QED) is 0.0423. The number of carbonyl (C=O) groups excluding carboxylic acids is 4. The first-order chi connectivity index (χ1) is 32.1. The third-order valence-electron chi connectivity index (χ3n) is 17.7. The summed E-state index contributed by atoms with van der Waals surface area (Å²) in [4.78, 5) is 52.3. The molecule has 0 saturated heterocycles. The molecular weight excluding hydrogens is 833 g/mol. The molecule has 6 saturated carbocycles. The number of hydrogen-bond donors (Lipinski definition) is 0. The molecule has 374 valence electrons. The minimum absolute atomic E-state index is 0.0723. The standard InChI is InChI=1S/C56H90O10/c1-5-11-41-13-17-43(18-14-41)45-29-33-55(34-30-45,65-53(59)47-21-25-49(26-22-47)61-37-9-39-63-51(57)7-3)56(35-31-46(32-36-56)44-19-15-42(12-6-2)16-20-44)66-54(60)48-23-27-50(28-24-48)62-38-10-40-64-52(58)8-4/h7-8,41-50H,3-6,9-40H2,1-2H3. The molecule has 0 atom stereocenters. The van der Waals surface area contributed by atoms with Gasteiger partial charge in [0.2, 0.25) is 0 Å². The number of rotatable bonds is 23. The molecular formula is C56H90O10. The van der Waals surface area contributed by atoms with Gasteiger partial charge in [-0.05, 0) is 164 Å². The van der Waals surface area contributed by atoms with Crippen molar-refractivity contribution >= 4 is 23.9 Å². The van der Waals surface area contributed by atoms with Gasteiger partial charge < -0.3 is 28.4 Å². The van der Waals surface area contributed by atoms with Crippen molar-refractivity contribution in [2.24, 2.45) is 47.3 Å². The predicted molar refractivity (Wildman–Crippen MR) is 257 cm³/mol. The molecule has 10 nitrogen and oxygen atoms in total. The number of ether oxygens (including phenoxy) is 6. The summed E-state index contributed by atoms with van der Waals surface area (Å²) in [7, 11) is 0. The van der Waals surface area contributed by atoms with Gasteiger partial charge in [0, 0.05) is 25.0 Å². The van der Waals surface area contributed by atoms with Crippen molar-refractivity contribution < 1.29 is 47.6 Å². The number of carbonyl (C=O) groups is 4. The van der Waals surface area contributed by atoms with E-state index in [9.17, 15) is 19.2 Å². The van der Waals surface area contributed by atoms with Crippen molar-refractivity contribution in [1.29, 1.82) is 0 Å². The third kappa shape index (κ3) is 14.9. The van der Waals surface area contributed by atoms with E-state index in [4.69, 9.17) is 28.4 Å². The molecule has 0 aromatic heterocycles. The Labute approximate surface area is 399 Å². The molecule has 0 aromatic rings. The first-order valence-electron chi connectivity index (χ1n) is 27.4. The summed E-state index contributed by atoms with van der Waals surface area (Å²) in [5, 5.41) is 0. The minimum Gasteiger partial charge on any atom is -0.462 e. The Kier molecular flexibility index (Phi) is 21.4. The topological polar surface area (TPSA) is 124 Å². The molecule has 0 heterocycles. The van der Waals surface area contributed by atoms with Crippen molar-refractivity contribution in [3.8, 4) is 0 Å². The predicted octanol–water partition coefficient (Wildman–Crippen LogP) is 12.5. The van der Waals surface area contributed by atoms with Crippen LogP contribution in [0.1, 0.15) is 206 Å². The fraction of sp³-hybridized carbons (Fsp3) is 0.857. The molecule has 10 heteroatoms. The second-order valence-electron chi connectivity index (χ2n) is 21.8. The van der Waals surface area contributed by atoms with E-state index in [0.717, 1.165) is 126 Å². The second kappa shape index (κ2) is 26.9. The van der Waals surface area contributed by atoms with Crippen LogP contribution in [0, 0.1) is 47.3 Å². The Balaban J connectivity index is 1.15. The molecule has 0 spiro atoms. The Hall–Kier alpha value is -2.72. The van der Waals surface area contributed by atoms with Crippen molar-refractivity contribution in [3.63, 3.8) is 0 Å². The molecule has 6 aliphatic carbocycles. The number of esters is 4. The third-order valence-corrected chi connectivity index (χ3v) is 17.7. The van der Waals surface area contributed by atoms with Crippen LogP contribution in [0.4, 0.5) is 0 Å². The lowest BCUT2D eigenvalue weighted by Gasteiger charge is -2.56. The summed E-state index contributed by atoms with van der Waals surface area (Å²) in [5.41, 5.74) is -1.66. The first-order valence-corrected chi connectivity index (χ1v) is 27.4. The van der Waals surface area contributed by atoms with Crippen molar-refractivity contribution in [2.75, 3.05) is 26.4 Å². The molecule has 0 aromatic carbocycles. The van der Waals surface area contributed by atoms with E-state index in [0.29, 0.717) is 51.1 Å². The van der Waals surface area contributed by atoms with E-state index >= 15 is 0 Å². The summed E-state index contributed by atoms with van der Waals surface area (Å²) < 4.78 is 36.9. The summed E-state index contributed by atoms with van der Waals surface area (Å²) >= 11 is 0. The lowest BCUT2D eigenvalue weighted by Crippen LogP contribution is -2.63. The normalized spacial score (nSPS) is 35.2. The van der Waals surface area contributed by atoms with E-state index < -0.39 is 23.1 Å². The van der Waals surface area contributed by atoms with Crippen LogP contribution < -0.4 is 0 Å². The van der Waals surface area contributed by atoms with Gasteiger partial charge in [0.1, 0.15) is 0 Å². The van der Waals surface area contributed by atoms with Crippen molar-refractivity contribution in [1.82, 2.24) is 0 Å². The van der Waals surface area contributed by atoms with Gasteiger partial charge in [-0.2, -0.15) is 0 Å². The van der Waals surface area contributed by atoms with Crippen molar-refractivity contribution in [2.45, 2.75) is 230 Å². The highest BCUT2D eigenvalue weighted by atomic mass is 16.6. The van der Waals surface area contributed by atoms with Crippen LogP contribution in [-0.4, -0.2) is 73.7 Å². The highest BCUT2D eigenvalue weighted by Gasteiger charge is 2.61. The zero-order chi connectivity index (χ0) is 46.8. The molecule has 66 heavy (non-hydrogen) atoms. The maximum atomic E-state index is 14.7. The van der Waals surface area contributed by atoms with Gasteiger partial charge in [-0.1, -0.05) is 78.4 Å². The summed E-state index contributed by atoms with van der Waals surface area (Å²) in [6.07, 6.45) is 32.8. The highest BCUT2D eigenvalue weighted by molar-refractivity contribution is 5.81. The lowest BCUT2D eigenvalue weighted by molar-refractivity contribution is -0.241. The number of hydrogen-bond acceptors (Lipinski definition) is 10. The summed E-state index contributed by atoms with van der Waals surface area (Å²) in [5.74, 6) is 2.99. The van der Waals surface area contributed by atoms with Crippen LogP contribution in [0.3, 0.4) is 0 Å². The maximum Gasteiger partial charge on any atom is 0.330 e. The van der Waals surface area contributed by atoms with Gasteiger partial charge in [-0.15, -0.1) is 0 Å². The van der Waals surface area contributed by atoms with E-state index in [1.165, 1.54) is 89.2 Å². The maximum absolute atomic E-state index is 14.7. The van der Waals surface area contributed by atoms with Crippen LogP contribution in [0.2, 0.25) is 0 Å².